The second-order valence-corrected chi connectivity index (χ2v) is 8.32. The first-order valence-corrected chi connectivity index (χ1v) is 9.46. The molecule has 32 heavy (non-hydrogen) atoms. The van der Waals surface area contributed by atoms with E-state index in [2.05, 4.69) is 0 Å². The highest BCUT2D eigenvalue weighted by atomic mass is 16.6. The van der Waals surface area contributed by atoms with Crippen LogP contribution in [-0.2, 0) is 20.0 Å². The van der Waals surface area contributed by atoms with Crippen molar-refractivity contribution in [1.29, 1.82) is 0 Å². The Labute approximate surface area is 179 Å². The van der Waals surface area contributed by atoms with Crippen molar-refractivity contribution >= 4 is 28.9 Å². The summed E-state index contributed by atoms with van der Waals surface area (Å²) in [5.41, 5.74) is -2.70. The monoisotopic (exact) mass is 446 g/mol. The third-order valence-electron chi connectivity index (χ3n) is 6.67. The van der Waals surface area contributed by atoms with Gasteiger partial charge in [0.25, 0.3) is 5.91 Å². The van der Waals surface area contributed by atoms with Crippen LogP contribution in [-0.4, -0.2) is 53.5 Å². The van der Waals surface area contributed by atoms with Gasteiger partial charge in [-0.05, 0) is 25.0 Å². The predicted octanol–water partition coefficient (Wildman–Crippen LogP) is -0.00290. The van der Waals surface area contributed by atoms with Crippen molar-refractivity contribution in [1.82, 2.24) is 0 Å². The average molecular weight is 446 g/mol. The number of carbonyl (C=O) groups excluding carboxylic acids is 3. The van der Waals surface area contributed by atoms with Gasteiger partial charge in [0.05, 0.1) is 16.1 Å². The van der Waals surface area contributed by atoms with E-state index in [4.69, 9.17) is 5.73 Å². The van der Waals surface area contributed by atoms with Crippen LogP contribution in [0.5, 0.6) is 5.75 Å². The molecule has 168 valence electrons. The Hall–Kier alpha value is -3.77. The number of nitro groups is 1. The Morgan fingerprint density at radius 3 is 2.41 bits per heavy atom. The topological polar surface area (TPSA) is 222 Å². The summed E-state index contributed by atoms with van der Waals surface area (Å²) in [5, 5.41) is 65.3. The number of benzene rings is 1. The molecule has 1 aromatic rings. The van der Waals surface area contributed by atoms with Gasteiger partial charge < -0.3 is 31.3 Å². The molecule has 1 saturated carbocycles. The van der Waals surface area contributed by atoms with Gasteiger partial charge in [0.1, 0.15) is 17.1 Å². The van der Waals surface area contributed by atoms with Crippen LogP contribution in [0.3, 0.4) is 0 Å². The van der Waals surface area contributed by atoms with Gasteiger partial charge >= 0.3 is 5.69 Å². The van der Waals surface area contributed by atoms with Crippen molar-refractivity contribution in [2.75, 3.05) is 0 Å². The fraction of sp³-hybridized carbons (Fsp3) is 0.350. The van der Waals surface area contributed by atoms with E-state index in [-0.39, 0.29) is 12.0 Å². The van der Waals surface area contributed by atoms with Crippen molar-refractivity contribution in [3.63, 3.8) is 0 Å². The number of aromatic hydroxyl groups is 1. The largest absolute Gasteiger partial charge is 0.508 e. The molecule has 0 bridgehead atoms. The number of nitro benzene ring substituents is 1. The zero-order valence-corrected chi connectivity index (χ0v) is 16.5. The lowest BCUT2D eigenvalue weighted by Gasteiger charge is -2.50. The molecule has 0 saturated heterocycles. The van der Waals surface area contributed by atoms with Crippen molar-refractivity contribution < 1.29 is 44.8 Å². The summed E-state index contributed by atoms with van der Waals surface area (Å²) >= 11 is 0. The number of rotatable bonds is 2. The maximum atomic E-state index is 13.4. The fourth-order valence-corrected chi connectivity index (χ4v) is 5.05. The number of carbonyl (C=O) groups is 3. The number of aliphatic hydroxyl groups is 4. The second kappa shape index (κ2) is 6.37. The van der Waals surface area contributed by atoms with E-state index in [0.717, 1.165) is 12.1 Å². The number of ketones is 2. The highest BCUT2D eigenvalue weighted by Crippen LogP contribution is 2.57. The Morgan fingerprint density at radius 1 is 1.22 bits per heavy atom. The molecule has 3 aliphatic carbocycles. The van der Waals surface area contributed by atoms with Gasteiger partial charge in [-0.15, -0.1) is 0 Å². The van der Waals surface area contributed by atoms with Crippen LogP contribution in [0.25, 0.3) is 5.76 Å². The van der Waals surface area contributed by atoms with Crippen molar-refractivity contribution in [2.24, 2.45) is 17.6 Å². The van der Waals surface area contributed by atoms with Crippen LogP contribution in [0, 0.1) is 22.0 Å². The molecule has 0 radical (unpaired) electrons. The van der Waals surface area contributed by atoms with Gasteiger partial charge in [0.2, 0.25) is 11.5 Å². The van der Waals surface area contributed by atoms with Crippen LogP contribution in [0.15, 0.2) is 29.0 Å². The summed E-state index contributed by atoms with van der Waals surface area (Å²) in [4.78, 5) is 47.6. The average Bonchev–Trinajstić information content (AvgIpc) is 2.68. The summed E-state index contributed by atoms with van der Waals surface area (Å²) in [6.45, 7) is 1.25. The summed E-state index contributed by atoms with van der Waals surface area (Å²) in [6.07, 6.45) is -0.822. The van der Waals surface area contributed by atoms with Crippen LogP contribution >= 0.6 is 0 Å². The summed E-state index contributed by atoms with van der Waals surface area (Å²) in [6, 6.07) is 2.06. The van der Waals surface area contributed by atoms with E-state index >= 15 is 0 Å². The minimum Gasteiger partial charge on any atom is -0.508 e. The summed E-state index contributed by atoms with van der Waals surface area (Å²) < 4.78 is 0. The standard InChI is InChI=1S/C20H18N2O10/c1-19(29)7-2-3-9(22(31)32)14(24)11(7)15(25)12-8(19)4-6-5-10(23)13(18(21)28)17(27)20(6,30)16(12)26/h2-3,6,8,24-25,27,29-30H,4-5H2,1H3,(H2,21,28)/t6-,8-,19+,20-/m0/s1. The number of aliphatic hydroxyl groups excluding tert-OH is 2. The molecule has 4 atom stereocenters. The molecule has 12 nitrogen and oxygen atoms in total. The summed E-state index contributed by atoms with van der Waals surface area (Å²) in [7, 11) is 0. The molecule has 0 spiro atoms. The van der Waals surface area contributed by atoms with E-state index in [1.165, 1.54) is 6.92 Å². The van der Waals surface area contributed by atoms with Gasteiger partial charge in [-0.25, -0.2) is 0 Å². The second-order valence-electron chi connectivity index (χ2n) is 8.32. The first-order chi connectivity index (χ1) is 14.8. The molecule has 7 N–H and O–H groups in total. The number of Topliss-reactive ketones (excluding diaryl/α,β-unsaturated/α-hetero) is 2. The number of hydrogen-bond acceptors (Lipinski definition) is 10. The number of fused-ring (bicyclic) bond motifs is 3. The number of nitrogens with zero attached hydrogens (tertiary/aromatic N) is 1. The third kappa shape index (κ3) is 2.41. The molecule has 12 heteroatoms. The van der Waals surface area contributed by atoms with Crippen LogP contribution in [0.4, 0.5) is 5.69 Å². The van der Waals surface area contributed by atoms with Crippen molar-refractivity contribution in [3.05, 3.63) is 50.3 Å². The van der Waals surface area contributed by atoms with Gasteiger partial charge in [0, 0.05) is 29.9 Å². The first kappa shape index (κ1) is 21.5. The van der Waals surface area contributed by atoms with E-state index in [1.807, 2.05) is 0 Å². The molecule has 0 aliphatic heterocycles. The van der Waals surface area contributed by atoms with Crippen LogP contribution in [0.1, 0.15) is 30.9 Å². The van der Waals surface area contributed by atoms with Gasteiger partial charge in [-0.2, -0.15) is 0 Å². The Morgan fingerprint density at radius 2 is 1.84 bits per heavy atom. The number of amides is 1. The predicted molar refractivity (Wildman–Crippen MR) is 104 cm³/mol. The van der Waals surface area contributed by atoms with E-state index in [0.29, 0.717) is 0 Å². The first-order valence-electron chi connectivity index (χ1n) is 9.46. The SMILES string of the molecule is C[C@@]1(O)c2ccc([N+](=O)[O-])c(O)c2C(O)=C2C(=O)[C@]3(O)C(O)=C(C(N)=O)C(=O)C[C@@H]3C[C@@H]21. The molecular weight excluding hydrogens is 428 g/mol. The van der Waals surface area contributed by atoms with Gasteiger partial charge in [-0.1, -0.05) is 0 Å². The van der Waals surface area contributed by atoms with E-state index in [9.17, 15) is 50.0 Å². The zero-order valence-electron chi connectivity index (χ0n) is 16.5. The highest BCUT2D eigenvalue weighted by Gasteiger charge is 2.63. The van der Waals surface area contributed by atoms with Gasteiger partial charge in [0.15, 0.2) is 11.4 Å². The molecule has 1 aromatic carbocycles. The number of hydrogen-bond donors (Lipinski definition) is 6. The van der Waals surface area contributed by atoms with Crippen LogP contribution < -0.4 is 5.73 Å². The maximum absolute atomic E-state index is 13.4. The Kier molecular flexibility index (Phi) is 4.27. The molecule has 3 aliphatic rings. The van der Waals surface area contributed by atoms with Gasteiger partial charge in [-0.3, -0.25) is 24.5 Å². The third-order valence-corrected chi connectivity index (χ3v) is 6.67. The number of phenols is 1. The molecule has 4 rings (SSSR count). The Balaban J connectivity index is 2.02. The van der Waals surface area contributed by atoms with E-state index < -0.39 is 91.5 Å². The normalized spacial score (nSPS) is 31.7. The number of nitrogens with two attached hydrogens (primary N) is 1. The van der Waals surface area contributed by atoms with Crippen molar-refractivity contribution in [3.8, 4) is 5.75 Å². The lowest BCUT2D eigenvalue weighted by atomic mass is 9.56. The van der Waals surface area contributed by atoms with E-state index in [1.54, 1.807) is 0 Å². The quantitative estimate of drug-likeness (QED) is 0.203. The Bertz CT molecular complexity index is 1210. The molecule has 0 aromatic heterocycles. The van der Waals surface area contributed by atoms with Crippen LogP contribution in [0.2, 0.25) is 0 Å². The lowest BCUT2D eigenvalue weighted by Crippen LogP contribution is -2.60. The minimum atomic E-state index is -2.80. The molecule has 0 unspecified atom stereocenters. The molecule has 1 fully saturated rings. The minimum absolute atomic E-state index is 0.107. The molecule has 1 amide bonds. The molecular formula is C20H18N2O10. The smallest absolute Gasteiger partial charge is 0.311 e. The molecule has 0 heterocycles. The zero-order chi connectivity index (χ0) is 23.9. The number of primary amides is 1. The maximum Gasteiger partial charge on any atom is 0.311 e. The summed E-state index contributed by atoms with van der Waals surface area (Å²) in [5.74, 6) is -9.23. The fourth-order valence-electron chi connectivity index (χ4n) is 5.05. The highest BCUT2D eigenvalue weighted by molar-refractivity contribution is 6.22. The lowest BCUT2D eigenvalue weighted by molar-refractivity contribution is -0.385. The van der Waals surface area contributed by atoms with Crippen molar-refractivity contribution in [2.45, 2.75) is 31.0 Å². The number of phenolic OH excluding ortho intramolecular Hbond substituents is 1.